The molecule has 1 unspecified atom stereocenters. The highest BCUT2D eigenvalue weighted by Crippen LogP contribution is 2.28. The maximum atomic E-state index is 12.0. The molecule has 9 nitrogen and oxygen atoms in total. The molecule has 29 heavy (non-hydrogen) atoms. The monoisotopic (exact) mass is 391 g/mol. The number of nitrogens with zero attached hydrogens (tertiary/aromatic N) is 6. The number of rotatable bonds is 7. The summed E-state index contributed by atoms with van der Waals surface area (Å²) >= 11 is 0. The number of anilines is 2. The number of hydrogen-bond acceptors (Lipinski definition) is 8. The van der Waals surface area contributed by atoms with Crippen LogP contribution in [0.25, 0.3) is 22.6 Å². The number of furan rings is 1. The minimum atomic E-state index is -0.690. The van der Waals surface area contributed by atoms with Crippen molar-refractivity contribution in [2.75, 3.05) is 23.7 Å². The fraction of sp³-hybridized carbons (Fsp3) is 0.250. The van der Waals surface area contributed by atoms with Crippen molar-refractivity contribution in [3.63, 3.8) is 0 Å². The van der Waals surface area contributed by atoms with E-state index in [1.165, 1.54) is 10.9 Å². The van der Waals surface area contributed by atoms with Crippen LogP contribution in [-0.2, 0) is 4.79 Å². The Balaban J connectivity index is 1.78. The third-order valence-electron chi connectivity index (χ3n) is 4.85. The third kappa shape index (κ3) is 3.31. The van der Waals surface area contributed by atoms with E-state index in [1.807, 2.05) is 24.3 Å². The fourth-order valence-corrected chi connectivity index (χ4v) is 3.37. The molecule has 0 aliphatic rings. The summed E-state index contributed by atoms with van der Waals surface area (Å²) in [5, 5.41) is 8.36. The Kier molecular flexibility index (Phi) is 4.94. The summed E-state index contributed by atoms with van der Waals surface area (Å²) < 4.78 is 6.88. The van der Waals surface area contributed by atoms with Gasteiger partial charge in [-0.15, -0.1) is 5.10 Å². The molecule has 148 valence electrons. The van der Waals surface area contributed by atoms with Gasteiger partial charge in [-0.25, -0.2) is 9.67 Å². The highest BCUT2D eigenvalue weighted by Gasteiger charge is 2.22. The third-order valence-corrected chi connectivity index (χ3v) is 4.85. The zero-order valence-corrected chi connectivity index (χ0v) is 16.2. The second-order valence-electron chi connectivity index (χ2n) is 6.46. The average Bonchev–Trinajstić information content (AvgIpc) is 3.41. The van der Waals surface area contributed by atoms with Crippen LogP contribution in [0.5, 0.6) is 0 Å². The number of fused-ring (bicyclic) bond motifs is 1. The van der Waals surface area contributed by atoms with Crippen LogP contribution in [0.3, 0.4) is 0 Å². The summed E-state index contributed by atoms with van der Waals surface area (Å²) in [6, 6.07) is 10.6. The summed E-state index contributed by atoms with van der Waals surface area (Å²) in [7, 11) is 0. The lowest BCUT2D eigenvalue weighted by atomic mass is 10.1. The van der Waals surface area contributed by atoms with Gasteiger partial charge in [0.1, 0.15) is 18.0 Å². The first-order valence-corrected chi connectivity index (χ1v) is 9.38. The van der Waals surface area contributed by atoms with Gasteiger partial charge in [-0.2, -0.15) is 4.98 Å². The van der Waals surface area contributed by atoms with Gasteiger partial charge in [-0.3, -0.25) is 0 Å². The van der Waals surface area contributed by atoms with Crippen LogP contribution in [0.1, 0.15) is 25.5 Å². The van der Waals surface area contributed by atoms with Crippen LogP contribution in [0.4, 0.5) is 11.6 Å². The minimum absolute atomic E-state index is 0.0500. The lowest BCUT2D eigenvalue weighted by Gasteiger charge is -2.21. The molecule has 0 bridgehead atoms. The molecule has 2 N–H and O–H groups in total. The number of aldehydes is 1. The van der Waals surface area contributed by atoms with Gasteiger partial charge in [0, 0.05) is 18.8 Å². The molecule has 1 aromatic carbocycles. The Morgan fingerprint density at radius 2 is 1.93 bits per heavy atom. The predicted octanol–water partition coefficient (Wildman–Crippen LogP) is 2.70. The molecule has 4 aromatic rings. The SMILES string of the molecule is CCN(CC)c1ccc(C(C=O)n2nnc3c(-c4ccco4)nc(N)nc32)cc1. The van der Waals surface area contributed by atoms with Gasteiger partial charge >= 0.3 is 0 Å². The van der Waals surface area contributed by atoms with Crippen molar-refractivity contribution in [1.29, 1.82) is 0 Å². The van der Waals surface area contributed by atoms with Crippen molar-refractivity contribution >= 4 is 29.1 Å². The molecule has 0 spiro atoms. The number of nitrogens with two attached hydrogens (primary N) is 1. The highest BCUT2D eigenvalue weighted by molar-refractivity contribution is 5.86. The molecule has 4 rings (SSSR count). The molecule has 0 aliphatic heterocycles. The van der Waals surface area contributed by atoms with E-state index in [4.69, 9.17) is 10.2 Å². The lowest BCUT2D eigenvalue weighted by molar-refractivity contribution is -0.109. The van der Waals surface area contributed by atoms with Gasteiger partial charge in [-0.05, 0) is 43.7 Å². The number of hydrogen-bond donors (Lipinski definition) is 1. The van der Waals surface area contributed by atoms with E-state index in [0.717, 1.165) is 30.6 Å². The Labute approximate surface area is 167 Å². The van der Waals surface area contributed by atoms with Gasteiger partial charge in [0.05, 0.1) is 6.26 Å². The first-order chi connectivity index (χ1) is 14.2. The Morgan fingerprint density at radius 1 is 1.17 bits per heavy atom. The van der Waals surface area contributed by atoms with Gasteiger partial charge in [0.15, 0.2) is 16.9 Å². The molecule has 0 amide bonds. The standard InChI is InChI=1S/C20H21N7O2/c1-3-26(4-2)14-9-7-13(8-10-14)15(12-28)27-19-18(24-25-27)17(22-20(21)23-19)16-6-5-11-29-16/h5-12,15H,3-4H2,1-2H3,(H2,21,22,23). The first-order valence-electron chi connectivity index (χ1n) is 9.38. The zero-order chi connectivity index (χ0) is 20.4. The molecule has 9 heteroatoms. The summed E-state index contributed by atoms with van der Waals surface area (Å²) in [5.74, 6) is 0.552. The maximum Gasteiger partial charge on any atom is 0.222 e. The molecule has 0 radical (unpaired) electrons. The van der Waals surface area contributed by atoms with Crippen LogP contribution in [0.15, 0.2) is 47.1 Å². The van der Waals surface area contributed by atoms with Crippen LogP contribution >= 0.6 is 0 Å². The largest absolute Gasteiger partial charge is 0.463 e. The van der Waals surface area contributed by atoms with E-state index in [-0.39, 0.29) is 5.95 Å². The van der Waals surface area contributed by atoms with Crippen molar-refractivity contribution in [3.8, 4) is 11.5 Å². The van der Waals surface area contributed by atoms with Crippen LogP contribution < -0.4 is 10.6 Å². The molecule has 3 heterocycles. The number of carbonyl (C=O) groups is 1. The molecule has 1 atom stereocenters. The molecule has 0 fully saturated rings. The average molecular weight is 391 g/mol. The lowest BCUT2D eigenvalue weighted by Crippen LogP contribution is -2.22. The number of benzene rings is 1. The molecular formula is C20H21N7O2. The van der Waals surface area contributed by atoms with E-state index in [1.54, 1.807) is 12.1 Å². The second-order valence-corrected chi connectivity index (χ2v) is 6.46. The molecule has 3 aromatic heterocycles. The van der Waals surface area contributed by atoms with Crippen LogP contribution in [-0.4, -0.2) is 44.3 Å². The van der Waals surface area contributed by atoms with Crippen molar-refractivity contribution in [3.05, 3.63) is 48.2 Å². The van der Waals surface area contributed by atoms with Crippen LogP contribution in [0.2, 0.25) is 0 Å². The van der Waals surface area contributed by atoms with E-state index in [2.05, 4.69) is 39.0 Å². The van der Waals surface area contributed by atoms with Crippen molar-refractivity contribution < 1.29 is 9.21 Å². The molecule has 0 saturated carbocycles. The van der Waals surface area contributed by atoms with E-state index in [0.29, 0.717) is 22.6 Å². The quantitative estimate of drug-likeness (QED) is 0.478. The topological polar surface area (TPSA) is 116 Å². The van der Waals surface area contributed by atoms with Gasteiger partial charge < -0.3 is 19.8 Å². The van der Waals surface area contributed by atoms with Crippen LogP contribution in [0, 0.1) is 0 Å². The molecule has 0 aliphatic carbocycles. The zero-order valence-electron chi connectivity index (χ0n) is 16.2. The highest BCUT2D eigenvalue weighted by atomic mass is 16.3. The molecule has 0 saturated heterocycles. The predicted molar refractivity (Wildman–Crippen MR) is 109 cm³/mol. The minimum Gasteiger partial charge on any atom is -0.463 e. The van der Waals surface area contributed by atoms with E-state index >= 15 is 0 Å². The summed E-state index contributed by atoms with van der Waals surface area (Å²) in [6.45, 7) is 6.03. The van der Waals surface area contributed by atoms with E-state index < -0.39 is 6.04 Å². The van der Waals surface area contributed by atoms with Crippen molar-refractivity contribution in [2.24, 2.45) is 0 Å². The Bertz CT molecular complexity index is 1120. The summed E-state index contributed by atoms with van der Waals surface area (Å²) in [6.07, 6.45) is 2.35. The summed E-state index contributed by atoms with van der Waals surface area (Å²) in [5.41, 5.74) is 8.99. The smallest absolute Gasteiger partial charge is 0.222 e. The molecular weight excluding hydrogens is 370 g/mol. The van der Waals surface area contributed by atoms with Gasteiger partial charge in [0.2, 0.25) is 5.95 Å². The fourth-order valence-electron chi connectivity index (χ4n) is 3.37. The number of nitrogen functional groups attached to an aromatic ring is 1. The maximum absolute atomic E-state index is 12.0. The van der Waals surface area contributed by atoms with E-state index in [9.17, 15) is 4.79 Å². The van der Waals surface area contributed by atoms with Gasteiger partial charge in [-0.1, -0.05) is 17.3 Å². The number of aromatic nitrogens is 5. The number of carbonyl (C=O) groups excluding carboxylic acids is 1. The van der Waals surface area contributed by atoms with Crippen molar-refractivity contribution in [1.82, 2.24) is 25.0 Å². The Hall–Kier alpha value is -3.75. The first kappa shape index (κ1) is 18.6. The van der Waals surface area contributed by atoms with Gasteiger partial charge in [0.25, 0.3) is 0 Å². The second kappa shape index (κ2) is 7.70. The normalized spacial score (nSPS) is 12.2. The van der Waals surface area contributed by atoms with Crippen molar-refractivity contribution in [2.45, 2.75) is 19.9 Å². The summed E-state index contributed by atoms with van der Waals surface area (Å²) in [4.78, 5) is 22.7. The Morgan fingerprint density at radius 3 is 2.55 bits per heavy atom.